The summed E-state index contributed by atoms with van der Waals surface area (Å²) in [5, 5.41) is 7.79. The fraction of sp³-hybridized carbons (Fsp3) is 0. The van der Waals surface area contributed by atoms with Crippen LogP contribution >= 0.6 is 0 Å². The van der Waals surface area contributed by atoms with Gasteiger partial charge in [0.25, 0.3) is 0 Å². The molecule has 0 radical (unpaired) electrons. The first-order valence-electron chi connectivity index (χ1n) is 13.1. The number of anilines is 6. The van der Waals surface area contributed by atoms with Crippen molar-refractivity contribution in [2.24, 2.45) is 0 Å². The van der Waals surface area contributed by atoms with Gasteiger partial charge in [0.2, 0.25) is 0 Å². The second-order valence-corrected chi connectivity index (χ2v) is 8.82. The second-order valence-electron chi connectivity index (χ2n) is 8.82. The third kappa shape index (κ3) is 6.94. The average molecular weight is 506 g/mol. The van der Waals surface area contributed by atoms with Crippen molar-refractivity contribution in [2.75, 3.05) is 15.3 Å². The van der Waals surface area contributed by atoms with Crippen molar-refractivity contribution in [3.63, 3.8) is 0 Å². The molecule has 0 saturated carbocycles. The molecule has 0 unspecified atom stereocenters. The molecule has 0 fully saturated rings. The Morgan fingerprint density at radius 3 is 0.692 bits per heavy atom. The molecule has 0 atom stereocenters. The molecule has 0 bridgehead atoms. The minimum atomic E-state index is 1.10. The zero-order valence-electron chi connectivity index (χ0n) is 21.7. The van der Waals surface area contributed by atoms with E-state index in [2.05, 4.69) is 112 Å². The van der Waals surface area contributed by atoms with E-state index in [4.69, 9.17) is 0 Å². The SMILES string of the molecule is c1ccc(N(c2ccccc2)N(c2ccccc2)c2ccccc2)cc1.c1ccc(Nc2ccccc2)cc1. The van der Waals surface area contributed by atoms with E-state index in [9.17, 15) is 0 Å². The molecule has 0 aromatic heterocycles. The standard InChI is InChI=1S/C24H20N2.C12H11N/c1-5-13-21(14-6-1)25(22-15-7-2-8-16-22)26(23-17-9-3-10-18-23)24-19-11-4-12-20-24;1-3-7-11(8-4-1)13-12-9-5-2-6-10-12/h1-20H;1-10,13H. The predicted molar refractivity (Wildman–Crippen MR) is 166 cm³/mol. The molecule has 6 aromatic rings. The van der Waals surface area contributed by atoms with Crippen molar-refractivity contribution in [2.45, 2.75) is 0 Å². The van der Waals surface area contributed by atoms with Crippen LogP contribution < -0.4 is 15.3 Å². The van der Waals surface area contributed by atoms with Crippen LogP contribution in [0.1, 0.15) is 0 Å². The van der Waals surface area contributed by atoms with Crippen LogP contribution in [0.15, 0.2) is 182 Å². The Labute approximate surface area is 231 Å². The van der Waals surface area contributed by atoms with Gasteiger partial charge in [0, 0.05) is 11.4 Å². The zero-order chi connectivity index (χ0) is 26.5. The summed E-state index contributed by atoms with van der Waals surface area (Å²) in [4.78, 5) is 0. The number of hydrogen-bond donors (Lipinski definition) is 1. The molecule has 0 saturated heterocycles. The van der Waals surface area contributed by atoms with Crippen LogP contribution in [-0.4, -0.2) is 0 Å². The van der Waals surface area contributed by atoms with Gasteiger partial charge in [-0.25, -0.2) is 10.0 Å². The molecule has 0 aliphatic heterocycles. The van der Waals surface area contributed by atoms with Crippen LogP contribution in [0.5, 0.6) is 0 Å². The van der Waals surface area contributed by atoms with E-state index >= 15 is 0 Å². The van der Waals surface area contributed by atoms with Crippen molar-refractivity contribution in [1.29, 1.82) is 0 Å². The first kappa shape index (κ1) is 25.4. The van der Waals surface area contributed by atoms with E-state index in [1.807, 2.05) is 84.9 Å². The molecular weight excluding hydrogens is 474 g/mol. The summed E-state index contributed by atoms with van der Waals surface area (Å²) in [5.41, 5.74) is 6.65. The number of hydrazine groups is 1. The summed E-state index contributed by atoms with van der Waals surface area (Å²) in [6, 6.07) is 62.1. The maximum atomic E-state index is 3.30. The Kier molecular flexibility index (Phi) is 8.66. The first-order chi connectivity index (χ1) is 19.4. The Hall–Kier alpha value is -5.28. The van der Waals surface area contributed by atoms with Gasteiger partial charge in [0.05, 0.1) is 22.7 Å². The highest BCUT2D eigenvalue weighted by atomic mass is 15.6. The summed E-state index contributed by atoms with van der Waals surface area (Å²) in [7, 11) is 0. The van der Waals surface area contributed by atoms with Crippen LogP contribution in [0.3, 0.4) is 0 Å². The average Bonchev–Trinajstić information content (AvgIpc) is 3.03. The molecule has 1 N–H and O–H groups in total. The first-order valence-corrected chi connectivity index (χ1v) is 13.1. The van der Waals surface area contributed by atoms with E-state index in [0.29, 0.717) is 0 Å². The second kappa shape index (κ2) is 13.3. The molecule has 0 aliphatic rings. The fourth-order valence-electron chi connectivity index (χ4n) is 4.25. The van der Waals surface area contributed by atoms with Crippen molar-refractivity contribution in [3.8, 4) is 0 Å². The van der Waals surface area contributed by atoms with Gasteiger partial charge in [0.15, 0.2) is 0 Å². The summed E-state index contributed by atoms with van der Waals surface area (Å²) < 4.78 is 0. The topological polar surface area (TPSA) is 18.5 Å². The Balaban J connectivity index is 0.000000198. The smallest absolute Gasteiger partial charge is 0.0636 e. The molecule has 0 aliphatic carbocycles. The van der Waals surface area contributed by atoms with Crippen LogP contribution in [0.25, 0.3) is 0 Å². The van der Waals surface area contributed by atoms with Gasteiger partial charge >= 0.3 is 0 Å². The van der Waals surface area contributed by atoms with Gasteiger partial charge in [-0.2, -0.15) is 0 Å². The Morgan fingerprint density at radius 2 is 0.462 bits per heavy atom. The summed E-state index contributed by atoms with van der Waals surface area (Å²) in [5.74, 6) is 0. The molecule has 6 rings (SSSR count). The van der Waals surface area contributed by atoms with E-state index in [1.54, 1.807) is 0 Å². The lowest BCUT2D eigenvalue weighted by Gasteiger charge is -2.38. The molecule has 0 amide bonds. The van der Waals surface area contributed by atoms with Gasteiger partial charge in [-0.15, -0.1) is 0 Å². The molecule has 190 valence electrons. The highest BCUT2D eigenvalue weighted by Gasteiger charge is 2.20. The maximum Gasteiger partial charge on any atom is 0.0636 e. The minimum Gasteiger partial charge on any atom is -0.356 e. The third-order valence-electron chi connectivity index (χ3n) is 6.04. The van der Waals surface area contributed by atoms with Gasteiger partial charge in [0.1, 0.15) is 0 Å². The minimum absolute atomic E-state index is 1.10. The summed E-state index contributed by atoms with van der Waals surface area (Å²) >= 11 is 0. The van der Waals surface area contributed by atoms with E-state index in [0.717, 1.165) is 34.1 Å². The number of nitrogens with zero attached hydrogens (tertiary/aromatic N) is 2. The van der Waals surface area contributed by atoms with E-state index in [1.165, 1.54) is 0 Å². The molecule has 3 heteroatoms. The van der Waals surface area contributed by atoms with E-state index in [-0.39, 0.29) is 0 Å². The molecule has 0 heterocycles. The zero-order valence-corrected chi connectivity index (χ0v) is 21.7. The highest BCUT2D eigenvalue weighted by Crippen LogP contribution is 2.36. The lowest BCUT2D eigenvalue weighted by Crippen LogP contribution is -2.35. The predicted octanol–water partition coefficient (Wildman–Crippen LogP) is 10.0. The lowest BCUT2D eigenvalue weighted by atomic mass is 10.2. The molecule has 39 heavy (non-hydrogen) atoms. The van der Waals surface area contributed by atoms with Crippen LogP contribution in [0.2, 0.25) is 0 Å². The molecule has 3 nitrogen and oxygen atoms in total. The number of benzene rings is 6. The molecular formula is C36H31N3. The normalized spacial score (nSPS) is 10.1. The Bertz CT molecular complexity index is 1300. The van der Waals surface area contributed by atoms with Gasteiger partial charge in [-0.3, -0.25) is 0 Å². The summed E-state index contributed by atoms with van der Waals surface area (Å²) in [6.45, 7) is 0. The summed E-state index contributed by atoms with van der Waals surface area (Å²) in [6.07, 6.45) is 0. The quantitative estimate of drug-likeness (QED) is 0.218. The fourth-order valence-corrected chi connectivity index (χ4v) is 4.25. The molecule has 6 aromatic carbocycles. The number of para-hydroxylation sites is 6. The number of hydrogen-bond acceptors (Lipinski definition) is 3. The van der Waals surface area contributed by atoms with Crippen LogP contribution in [-0.2, 0) is 0 Å². The van der Waals surface area contributed by atoms with Crippen LogP contribution in [0.4, 0.5) is 34.1 Å². The van der Waals surface area contributed by atoms with Crippen molar-refractivity contribution >= 4 is 34.1 Å². The Morgan fingerprint density at radius 1 is 0.256 bits per heavy atom. The van der Waals surface area contributed by atoms with Crippen LogP contribution in [0, 0.1) is 0 Å². The van der Waals surface area contributed by atoms with Crippen molar-refractivity contribution in [3.05, 3.63) is 182 Å². The molecule has 0 spiro atoms. The lowest BCUT2D eigenvalue weighted by molar-refractivity contribution is 0.990. The van der Waals surface area contributed by atoms with Crippen molar-refractivity contribution in [1.82, 2.24) is 0 Å². The number of rotatable bonds is 7. The van der Waals surface area contributed by atoms with Gasteiger partial charge < -0.3 is 5.32 Å². The maximum absolute atomic E-state index is 3.30. The third-order valence-corrected chi connectivity index (χ3v) is 6.04. The van der Waals surface area contributed by atoms with E-state index < -0.39 is 0 Å². The highest BCUT2D eigenvalue weighted by molar-refractivity contribution is 5.77. The van der Waals surface area contributed by atoms with Gasteiger partial charge in [-0.1, -0.05) is 109 Å². The largest absolute Gasteiger partial charge is 0.356 e. The van der Waals surface area contributed by atoms with Crippen molar-refractivity contribution < 1.29 is 0 Å². The number of nitrogens with one attached hydrogen (secondary N) is 1. The van der Waals surface area contributed by atoms with Gasteiger partial charge in [-0.05, 0) is 72.8 Å². The monoisotopic (exact) mass is 505 g/mol.